The monoisotopic (exact) mass is 477 g/mol. The van der Waals surface area contributed by atoms with E-state index in [1.54, 1.807) is 19.2 Å². The van der Waals surface area contributed by atoms with Crippen molar-refractivity contribution in [3.05, 3.63) is 65.9 Å². The van der Waals surface area contributed by atoms with E-state index >= 15 is 0 Å². The summed E-state index contributed by atoms with van der Waals surface area (Å²) in [4.78, 5) is 30.0. The quantitative estimate of drug-likeness (QED) is 0.575. The maximum atomic E-state index is 13.2. The second-order valence-electron chi connectivity index (χ2n) is 7.96. The molecular weight excluding hydrogens is 459 g/mol. The van der Waals surface area contributed by atoms with E-state index in [-0.39, 0.29) is 12.1 Å². The summed E-state index contributed by atoms with van der Waals surface area (Å²) in [6.07, 6.45) is 1.76. The number of halogens is 3. The summed E-state index contributed by atoms with van der Waals surface area (Å²) in [6.45, 7) is 3.47. The maximum Gasteiger partial charge on any atom is 0.501 e. The van der Waals surface area contributed by atoms with Crippen LogP contribution in [0.1, 0.15) is 18.1 Å². The molecule has 7 nitrogen and oxygen atoms in total. The van der Waals surface area contributed by atoms with Crippen molar-refractivity contribution in [1.82, 2.24) is 10.3 Å². The molecule has 172 valence electrons. The summed E-state index contributed by atoms with van der Waals surface area (Å²) in [7, 11) is -5.54. The standard InChI is InChI=1S/C22H18F3N3O4S/c1-13-4-3-5-17-18(13)14(10-11-26-17)12-21(2)19(29)28(20(30)27-21)15-6-8-16(9-7-15)33(31,32)22(23,24)25/h3-11H,12H2,1-2H3,(H,27,30). The van der Waals surface area contributed by atoms with Gasteiger partial charge in [-0.05, 0) is 61.4 Å². The van der Waals surface area contributed by atoms with E-state index in [2.05, 4.69) is 10.3 Å². The van der Waals surface area contributed by atoms with Gasteiger partial charge in [0.05, 0.1) is 16.1 Å². The van der Waals surface area contributed by atoms with Crippen molar-refractivity contribution in [3.63, 3.8) is 0 Å². The summed E-state index contributed by atoms with van der Waals surface area (Å²) < 4.78 is 61.4. The topological polar surface area (TPSA) is 96.4 Å². The molecule has 0 bridgehead atoms. The van der Waals surface area contributed by atoms with E-state index < -0.39 is 37.7 Å². The lowest BCUT2D eigenvalue weighted by Gasteiger charge is -2.23. The second-order valence-corrected chi connectivity index (χ2v) is 9.90. The SMILES string of the molecule is Cc1cccc2nccc(CC3(C)NC(=O)N(c4ccc(S(=O)(=O)C(F)(F)F)cc4)C3=O)c12. The van der Waals surface area contributed by atoms with E-state index in [1.807, 2.05) is 25.1 Å². The van der Waals surface area contributed by atoms with Crippen LogP contribution in [0.15, 0.2) is 59.6 Å². The first kappa shape index (κ1) is 22.7. The summed E-state index contributed by atoms with van der Waals surface area (Å²) in [5, 5.41) is 3.51. The number of aryl methyl sites for hydroxylation is 1. The van der Waals surface area contributed by atoms with Crippen molar-refractivity contribution in [2.24, 2.45) is 0 Å². The molecule has 1 unspecified atom stereocenters. The fourth-order valence-corrected chi connectivity index (χ4v) is 4.71. The highest BCUT2D eigenvalue weighted by atomic mass is 32.2. The van der Waals surface area contributed by atoms with Gasteiger partial charge in [-0.25, -0.2) is 18.1 Å². The number of anilines is 1. The minimum Gasteiger partial charge on any atom is -0.323 e. The molecule has 1 saturated heterocycles. The lowest BCUT2D eigenvalue weighted by atomic mass is 9.90. The molecule has 1 fully saturated rings. The second kappa shape index (κ2) is 7.55. The normalized spacial score (nSPS) is 19.2. The molecule has 0 radical (unpaired) electrons. The van der Waals surface area contributed by atoms with Crippen LogP contribution in [-0.2, 0) is 21.1 Å². The Bertz CT molecular complexity index is 1380. The Labute approximate surface area is 187 Å². The average Bonchev–Trinajstić information content (AvgIpc) is 2.95. The molecule has 4 rings (SSSR count). The molecule has 33 heavy (non-hydrogen) atoms. The number of urea groups is 1. The minimum absolute atomic E-state index is 0.0434. The number of rotatable bonds is 4. The number of hydrogen-bond donors (Lipinski definition) is 1. The van der Waals surface area contributed by atoms with Crippen molar-refractivity contribution in [2.75, 3.05) is 4.90 Å². The molecule has 11 heteroatoms. The Morgan fingerprint density at radius 1 is 1.06 bits per heavy atom. The number of nitrogens with one attached hydrogen (secondary N) is 1. The number of amides is 3. The van der Waals surface area contributed by atoms with Gasteiger partial charge in [-0.3, -0.25) is 9.78 Å². The van der Waals surface area contributed by atoms with Crippen molar-refractivity contribution in [2.45, 2.75) is 36.2 Å². The first-order chi connectivity index (χ1) is 15.3. The highest BCUT2D eigenvalue weighted by molar-refractivity contribution is 7.92. The first-order valence-corrected chi connectivity index (χ1v) is 11.2. The molecule has 0 saturated carbocycles. The van der Waals surface area contributed by atoms with Gasteiger partial charge in [-0.15, -0.1) is 0 Å². The number of sulfone groups is 1. The number of benzene rings is 2. The molecule has 0 aliphatic carbocycles. The van der Waals surface area contributed by atoms with Gasteiger partial charge in [0.1, 0.15) is 5.54 Å². The fraction of sp³-hybridized carbons (Fsp3) is 0.227. The van der Waals surface area contributed by atoms with E-state index in [1.165, 1.54) is 0 Å². The van der Waals surface area contributed by atoms with Crippen LogP contribution in [-0.4, -0.2) is 36.4 Å². The fourth-order valence-electron chi connectivity index (χ4n) is 3.94. The van der Waals surface area contributed by atoms with Crippen LogP contribution >= 0.6 is 0 Å². The third-order valence-electron chi connectivity index (χ3n) is 5.58. The van der Waals surface area contributed by atoms with Gasteiger partial charge in [0.2, 0.25) is 0 Å². The van der Waals surface area contributed by atoms with Gasteiger partial charge in [-0.1, -0.05) is 12.1 Å². The number of alkyl halides is 3. The van der Waals surface area contributed by atoms with Gasteiger partial charge in [-0.2, -0.15) is 13.2 Å². The summed E-state index contributed by atoms with van der Waals surface area (Å²) in [5.41, 5.74) is -4.34. The van der Waals surface area contributed by atoms with Crippen LogP contribution in [0.2, 0.25) is 0 Å². The number of nitrogens with zero attached hydrogens (tertiary/aromatic N) is 2. The molecule has 1 N–H and O–H groups in total. The lowest BCUT2D eigenvalue weighted by Crippen LogP contribution is -2.46. The average molecular weight is 477 g/mol. The van der Waals surface area contributed by atoms with E-state index in [9.17, 15) is 31.2 Å². The van der Waals surface area contributed by atoms with Crippen LogP contribution in [0.4, 0.5) is 23.7 Å². The Morgan fingerprint density at radius 3 is 2.36 bits per heavy atom. The highest BCUT2D eigenvalue weighted by Crippen LogP contribution is 2.33. The first-order valence-electron chi connectivity index (χ1n) is 9.76. The Morgan fingerprint density at radius 2 is 1.73 bits per heavy atom. The van der Waals surface area contributed by atoms with Gasteiger partial charge >= 0.3 is 11.5 Å². The molecule has 2 aromatic carbocycles. The zero-order valence-corrected chi connectivity index (χ0v) is 18.3. The molecule has 1 aromatic heterocycles. The molecular formula is C22H18F3N3O4S. The predicted molar refractivity (Wildman–Crippen MR) is 114 cm³/mol. The minimum atomic E-state index is -5.54. The number of carbonyl (C=O) groups excluding carboxylic acids is 2. The third-order valence-corrected chi connectivity index (χ3v) is 7.08. The Kier molecular flexibility index (Phi) is 5.19. The molecule has 0 spiro atoms. The van der Waals surface area contributed by atoms with Crippen molar-refractivity contribution >= 4 is 38.4 Å². The van der Waals surface area contributed by atoms with Crippen LogP contribution in [0, 0.1) is 6.92 Å². The molecule has 3 amide bonds. The van der Waals surface area contributed by atoms with Crippen molar-refractivity contribution < 1.29 is 31.2 Å². The number of fused-ring (bicyclic) bond motifs is 1. The van der Waals surface area contributed by atoms with Crippen LogP contribution in [0.25, 0.3) is 10.9 Å². The van der Waals surface area contributed by atoms with Crippen LogP contribution in [0.5, 0.6) is 0 Å². The molecule has 2 heterocycles. The van der Waals surface area contributed by atoms with Crippen LogP contribution in [0.3, 0.4) is 0 Å². The van der Waals surface area contributed by atoms with Crippen molar-refractivity contribution in [1.29, 1.82) is 0 Å². The van der Waals surface area contributed by atoms with Gasteiger partial charge in [0.15, 0.2) is 0 Å². The molecule has 1 aliphatic heterocycles. The number of imide groups is 1. The summed E-state index contributed by atoms with van der Waals surface area (Å²) >= 11 is 0. The summed E-state index contributed by atoms with van der Waals surface area (Å²) in [6, 6.07) is 10.0. The van der Waals surface area contributed by atoms with Gasteiger partial charge in [0.25, 0.3) is 15.7 Å². The Balaban J connectivity index is 1.66. The van der Waals surface area contributed by atoms with Gasteiger partial charge in [0, 0.05) is 18.0 Å². The molecule has 1 atom stereocenters. The predicted octanol–water partition coefficient (Wildman–Crippen LogP) is 3.89. The van der Waals surface area contributed by atoms with E-state index in [0.29, 0.717) is 12.1 Å². The van der Waals surface area contributed by atoms with Gasteiger partial charge < -0.3 is 5.32 Å². The molecule has 1 aliphatic rings. The number of carbonyl (C=O) groups is 2. The smallest absolute Gasteiger partial charge is 0.323 e. The summed E-state index contributed by atoms with van der Waals surface area (Å²) in [5.74, 6) is -0.613. The zero-order valence-electron chi connectivity index (χ0n) is 17.5. The largest absolute Gasteiger partial charge is 0.501 e. The maximum absolute atomic E-state index is 13.2. The number of pyridine rings is 1. The van der Waals surface area contributed by atoms with Crippen LogP contribution < -0.4 is 10.2 Å². The number of aromatic nitrogens is 1. The third kappa shape index (κ3) is 3.71. The number of hydrogen-bond acceptors (Lipinski definition) is 5. The zero-order chi connectivity index (χ0) is 24.2. The molecule has 3 aromatic rings. The van der Waals surface area contributed by atoms with E-state index in [4.69, 9.17) is 0 Å². The lowest BCUT2D eigenvalue weighted by molar-refractivity contribution is -0.121. The van der Waals surface area contributed by atoms with E-state index in [0.717, 1.165) is 39.1 Å². The highest BCUT2D eigenvalue weighted by Gasteiger charge is 2.49. The Hall–Kier alpha value is -3.47. The van der Waals surface area contributed by atoms with Crippen molar-refractivity contribution in [3.8, 4) is 0 Å².